The highest BCUT2D eigenvalue weighted by molar-refractivity contribution is 5.47. The summed E-state index contributed by atoms with van der Waals surface area (Å²) >= 11 is 0. The molecule has 6 heteroatoms. The normalized spacial score (nSPS) is 25.9. The predicted octanol–water partition coefficient (Wildman–Crippen LogP) is 0.872. The highest BCUT2D eigenvalue weighted by atomic mass is 16.5. The van der Waals surface area contributed by atoms with Gasteiger partial charge in [-0.2, -0.15) is 4.98 Å². The van der Waals surface area contributed by atoms with E-state index in [2.05, 4.69) is 34.8 Å². The van der Waals surface area contributed by atoms with Gasteiger partial charge in [0.05, 0.1) is 19.3 Å². The maximum absolute atomic E-state index is 5.87. The van der Waals surface area contributed by atoms with Crippen molar-refractivity contribution < 1.29 is 4.74 Å². The molecule has 3 rings (SSSR count). The van der Waals surface area contributed by atoms with Crippen LogP contribution in [-0.2, 0) is 11.2 Å². The number of aromatic nitrogens is 2. The number of hydrogen-bond acceptors (Lipinski definition) is 6. The van der Waals surface area contributed by atoms with Gasteiger partial charge in [-0.3, -0.25) is 0 Å². The van der Waals surface area contributed by atoms with Gasteiger partial charge in [-0.1, -0.05) is 6.92 Å². The van der Waals surface area contributed by atoms with Gasteiger partial charge in [0.25, 0.3) is 0 Å². The lowest BCUT2D eigenvalue weighted by molar-refractivity contribution is 0.0725. The van der Waals surface area contributed by atoms with Crippen molar-refractivity contribution in [3.05, 3.63) is 11.8 Å². The highest BCUT2D eigenvalue weighted by Crippen LogP contribution is 2.25. The molecule has 122 valence electrons. The SMILES string of the molecule is CCc1cc(N2C[C@H]3COC[C@@H]2CN(C)C3)nc(N(C)C)n1. The van der Waals surface area contributed by atoms with Crippen LogP contribution in [0.2, 0.25) is 0 Å². The molecule has 2 aliphatic rings. The first-order valence-electron chi connectivity index (χ1n) is 8.15. The minimum Gasteiger partial charge on any atom is -0.379 e. The molecule has 0 radical (unpaired) electrons. The van der Waals surface area contributed by atoms with E-state index in [9.17, 15) is 0 Å². The number of anilines is 2. The number of likely N-dealkylation sites (N-methyl/N-ethyl adjacent to an activating group) is 1. The largest absolute Gasteiger partial charge is 0.379 e. The average molecular weight is 305 g/mol. The fourth-order valence-corrected chi connectivity index (χ4v) is 3.36. The molecule has 2 atom stereocenters. The van der Waals surface area contributed by atoms with Crippen molar-refractivity contribution in [3.8, 4) is 0 Å². The lowest BCUT2D eigenvalue weighted by atomic mass is 10.1. The van der Waals surface area contributed by atoms with E-state index < -0.39 is 0 Å². The smallest absolute Gasteiger partial charge is 0.227 e. The molecule has 2 fully saturated rings. The third kappa shape index (κ3) is 3.17. The number of rotatable bonds is 3. The summed E-state index contributed by atoms with van der Waals surface area (Å²) in [6, 6.07) is 2.51. The zero-order valence-electron chi connectivity index (χ0n) is 14.1. The van der Waals surface area contributed by atoms with Crippen molar-refractivity contribution in [2.45, 2.75) is 19.4 Å². The monoisotopic (exact) mass is 305 g/mol. The van der Waals surface area contributed by atoms with Gasteiger partial charge in [0, 0.05) is 51.4 Å². The maximum atomic E-state index is 5.87. The predicted molar refractivity (Wildman–Crippen MR) is 88.7 cm³/mol. The highest BCUT2D eigenvalue weighted by Gasteiger charge is 2.33. The Morgan fingerprint density at radius 3 is 2.77 bits per heavy atom. The van der Waals surface area contributed by atoms with Crippen molar-refractivity contribution in [1.82, 2.24) is 14.9 Å². The van der Waals surface area contributed by atoms with Crippen LogP contribution < -0.4 is 9.80 Å². The van der Waals surface area contributed by atoms with Crippen LogP contribution >= 0.6 is 0 Å². The molecule has 1 aromatic heterocycles. The second kappa shape index (κ2) is 6.38. The molecular formula is C16H27N5O. The van der Waals surface area contributed by atoms with Crippen LogP contribution in [0.25, 0.3) is 0 Å². The van der Waals surface area contributed by atoms with Gasteiger partial charge in [0.2, 0.25) is 5.95 Å². The fourth-order valence-electron chi connectivity index (χ4n) is 3.36. The number of ether oxygens (including phenoxy) is 1. The Bertz CT molecular complexity index is 521. The first-order chi connectivity index (χ1) is 10.6. The van der Waals surface area contributed by atoms with Gasteiger partial charge in [0.15, 0.2) is 0 Å². The van der Waals surface area contributed by atoms with Crippen LogP contribution in [0.5, 0.6) is 0 Å². The van der Waals surface area contributed by atoms with Crippen molar-refractivity contribution in [2.24, 2.45) is 5.92 Å². The molecule has 0 aromatic carbocycles. The molecule has 0 spiro atoms. The maximum Gasteiger partial charge on any atom is 0.227 e. The third-order valence-corrected chi connectivity index (χ3v) is 4.46. The van der Waals surface area contributed by atoms with Gasteiger partial charge < -0.3 is 19.4 Å². The molecule has 22 heavy (non-hydrogen) atoms. The van der Waals surface area contributed by atoms with Gasteiger partial charge in [-0.15, -0.1) is 0 Å². The summed E-state index contributed by atoms with van der Waals surface area (Å²) in [6.07, 6.45) is 0.925. The second-order valence-electron chi connectivity index (χ2n) is 6.70. The van der Waals surface area contributed by atoms with Crippen molar-refractivity contribution >= 4 is 11.8 Å². The molecule has 6 nitrogen and oxygen atoms in total. The topological polar surface area (TPSA) is 44.7 Å². The Kier molecular flexibility index (Phi) is 4.49. The van der Waals surface area contributed by atoms with E-state index in [1.807, 2.05) is 19.0 Å². The summed E-state index contributed by atoms with van der Waals surface area (Å²) in [5, 5.41) is 0. The molecule has 2 saturated heterocycles. The quantitative estimate of drug-likeness (QED) is 0.826. The lowest BCUT2D eigenvalue weighted by Crippen LogP contribution is -2.43. The lowest BCUT2D eigenvalue weighted by Gasteiger charge is -2.31. The Balaban J connectivity index is 1.96. The second-order valence-corrected chi connectivity index (χ2v) is 6.70. The molecule has 0 saturated carbocycles. The van der Waals surface area contributed by atoms with Gasteiger partial charge in [-0.25, -0.2) is 4.98 Å². The molecule has 0 amide bonds. The van der Waals surface area contributed by atoms with Gasteiger partial charge in [0.1, 0.15) is 5.82 Å². The van der Waals surface area contributed by atoms with E-state index in [-0.39, 0.29) is 0 Å². The molecule has 0 aliphatic carbocycles. The van der Waals surface area contributed by atoms with Crippen molar-refractivity contribution in [2.75, 3.05) is 63.8 Å². The van der Waals surface area contributed by atoms with E-state index in [0.29, 0.717) is 12.0 Å². The van der Waals surface area contributed by atoms with Crippen LogP contribution in [0.1, 0.15) is 12.6 Å². The summed E-state index contributed by atoms with van der Waals surface area (Å²) in [5.74, 6) is 2.38. The van der Waals surface area contributed by atoms with Gasteiger partial charge in [-0.05, 0) is 13.5 Å². The summed E-state index contributed by atoms with van der Waals surface area (Å²) in [7, 11) is 6.20. The zero-order valence-corrected chi connectivity index (χ0v) is 14.1. The standard InChI is InChI=1S/C16H27N5O/c1-5-13-6-15(18-16(17-13)19(2)3)21-8-12-7-20(4)9-14(21)11-22-10-12/h6,12,14H,5,7-11H2,1-4H3/t12-,14-/m0/s1. The van der Waals surface area contributed by atoms with E-state index in [1.165, 1.54) is 0 Å². The van der Waals surface area contributed by atoms with E-state index in [4.69, 9.17) is 9.72 Å². The number of aryl methyl sites for hydroxylation is 1. The zero-order chi connectivity index (χ0) is 15.7. The van der Waals surface area contributed by atoms with Crippen LogP contribution in [-0.4, -0.2) is 74.9 Å². The number of nitrogens with zero attached hydrogens (tertiary/aromatic N) is 5. The van der Waals surface area contributed by atoms with Crippen LogP contribution in [0, 0.1) is 5.92 Å². The summed E-state index contributed by atoms with van der Waals surface area (Å²) in [6.45, 7) is 6.91. The van der Waals surface area contributed by atoms with Crippen molar-refractivity contribution in [1.29, 1.82) is 0 Å². The Hall–Kier alpha value is -1.40. The Morgan fingerprint density at radius 1 is 1.23 bits per heavy atom. The summed E-state index contributed by atoms with van der Waals surface area (Å²) < 4.78 is 5.87. The van der Waals surface area contributed by atoms with E-state index in [0.717, 1.165) is 56.7 Å². The fraction of sp³-hybridized carbons (Fsp3) is 0.750. The minimum absolute atomic E-state index is 0.368. The molecule has 0 unspecified atom stereocenters. The summed E-state index contributed by atoms with van der Waals surface area (Å²) in [5.41, 5.74) is 1.10. The minimum atomic E-state index is 0.368. The van der Waals surface area contributed by atoms with Crippen LogP contribution in [0.3, 0.4) is 0 Å². The van der Waals surface area contributed by atoms with E-state index >= 15 is 0 Å². The first kappa shape index (κ1) is 15.5. The third-order valence-electron chi connectivity index (χ3n) is 4.46. The Morgan fingerprint density at radius 2 is 2.05 bits per heavy atom. The molecule has 2 aliphatic heterocycles. The molecule has 2 bridgehead atoms. The van der Waals surface area contributed by atoms with Crippen LogP contribution in [0.4, 0.5) is 11.8 Å². The van der Waals surface area contributed by atoms with Crippen molar-refractivity contribution in [3.63, 3.8) is 0 Å². The average Bonchev–Trinajstić information content (AvgIpc) is 2.76. The molecule has 0 N–H and O–H groups in total. The number of fused-ring (bicyclic) bond motifs is 3. The van der Waals surface area contributed by atoms with Gasteiger partial charge >= 0.3 is 0 Å². The molecule has 3 heterocycles. The Labute approximate surface area is 133 Å². The molecular weight excluding hydrogens is 278 g/mol. The van der Waals surface area contributed by atoms with Crippen LogP contribution in [0.15, 0.2) is 6.07 Å². The summed E-state index contributed by atoms with van der Waals surface area (Å²) in [4.78, 5) is 16.3. The molecule has 1 aromatic rings. The number of hydrogen-bond donors (Lipinski definition) is 0. The first-order valence-corrected chi connectivity index (χ1v) is 8.15. The van der Waals surface area contributed by atoms with E-state index in [1.54, 1.807) is 0 Å².